The summed E-state index contributed by atoms with van der Waals surface area (Å²) in [6.45, 7) is 2.27. The number of alkyl halides is 3. The number of carbonyl (C=O) groups is 1. The molecule has 20 heavy (non-hydrogen) atoms. The standard InChI is InChI=1S/C13H18F3N3O/c1-2-9(7-8-17)18-12(20)19-11-6-4-3-5-10(11)13(14,15)16/h3-6,9H,2,7-8,17H2,1H3,(H2,18,19,20). The van der Waals surface area contributed by atoms with E-state index in [0.717, 1.165) is 6.07 Å². The highest BCUT2D eigenvalue weighted by atomic mass is 19.4. The van der Waals surface area contributed by atoms with Gasteiger partial charge in [-0.25, -0.2) is 4.79 Å². The first-order chi connectivity index (χ1) is 9.38. The van der Waals surface area contributed by atoms with Crippen LogP contribution in [-0.2, 0) is 6.18 Å². The molecule has 2 amide bonds. The first kappa shape index (κ1) is 16.3. The summed E-state index contributed by atoms with van der Waals surface area (Å²) in [7, 11) is 0. The number of rotatable bonds is 5. The number of urea groups is 1. The first-order valence-corrected chi connectivity index (χ1v) is 6.32. The van der Waals surface area contributed by atoms with Crippen LogP contribution in [0.1, 0.15) is 25.3 Å². The zero-order valence-electron chi connectivity index (χ0n) is 11.1. The predicted octanol–water partition coefficient (Wildman–Crippen LogP) is 2.95. The molecule has 1 aromatic carbocycles. The Morgan fingerprint density at radius 1 is 1.35 bits per heavy atom. The minimum atomic E-state index is -4.51. The Bertz CT molecular complexity index is 449. The summed E-state index contributed by atoms with van der Waals surface area (Å²) < 4.78 is 38.3. The number of para-hydroxylation sites is 1. The van der Waals surface area contributed by atoms with Gasteiger partial charge in [0.05, 0.1) is 11.3 Å². The molecule has 112 valence electrons. The Hall–Kier alpha value is -1.76. The van der Waals surface area contributed by atoms with Gasteiger partial charge in [0, 0.05) is 6.04 Å². The summed E-state index contributed by atoms with van der Waals surface area (Å²) >= 11 is 0. The van der Waals surface area contributed by atoms with Crippen LogP contribution in [0.4, 0.5) is 23.7 Å². The van der Waals surface area contributed by atoms with Gasteiger partial charge in [0.2, 0.25) is 0 Å². The molecule has 0 aliphatic carbocycles. The highest BCUT2D eigenvalue weighted by Crippen LogP contribution is 2.34. The lowest BCUT2D eigenvalue weighted by Crippen LogP contribution is -2.39. The molecular weight excluding hydrogens is 271 g/mol. The van der Waals surface area contributed by atoms with E-state index >= 15 is 0 Å². The molecule has 4 nitrogen and oxygen atoms in total. The molecule has 0 bridgehead atoms. The van der Waals surface area contributed by atoms with Crippen molar-refractivity contribution in [3.8, 4) is 0 Å². The quantitative estimate of drug-likeness (QED) is 0.780. The minimum Gasteiger partial charge on any atom is -0.335 e. The van der Waals surface area contributed by atoms with Crippen LogP contribution in [0, 0.1) is 0 Å². The van der Waals surface area contributed by atoms with Gasteiger partial charge in [0.15, 0.2) is 0 Å². The number of hydrogen-bond donors (Lipinski definition) is 3. The summed E-state index contributed by atoms with van der Waals surface area (Å²) in [4.78, 5) is 11.7. The van der Waals surface area contributed by atoms with Gasteiger partial charge in [-0.2, -0.15) is 13.2 Å². The van der Waals surface area contributed by atoms with Crippen molar-refractivity contribution in [1.29, 1.82) is 0 Å². The summed E-state index contributed by atoms with van der Waals surface area (Å²) in [6, 6.07) is 4.02. The maximum absolute atomic E-state index is 12.8. The highest BCUT2D eigenvalue weighted by molar-refractivity contribution is 5.90. The molecule has 0 saturated carbocycles. The van der Waals surface area contributed by atoms with E-state index in [1.807, 2.05) is 6.92 Å². The molecule has 0 saturated heterocycles. The molecule has 1 rings (SSSR count). The molecule has 0 radical (unpaired) electrons. The van der Waals surface area contributed by atoms with Crippen molar-refractivity contribution in [2.24, 2.45) is 5.73 Å². The molecule has 4 N–H and O–H groups in total. The minimum absolute atomic E-state index is 0.155. The van der Waals surface area contributed by atoms with Crippen LogP contribution in [0.25, 0.3) is 0 Å². The van der Waals surface area contributed by atoms with Crippen molar-refractivity contribution in [1.82, 2.24) is 5.32 Å². The van der Waals surface area contributed by atoms with Crippen LogP contribution < -0.4 is 16.4 Å². The third kappa shape index (κ3) is 4.73. The van der Waals surface area contributed by atoms with Crippen LogP contribution in [-0.4, -0.2) is 18.6 Å². The number of halogens is 3. The van der Waals surface area contributed by atoms with E-state index in [-0.39, 0.29) is 11.7 Å². The van der Waals surface area contributed by atoms with Crippen LogP contribution in [0.15, 0.2) is 24.3 Å². The lowest BCUT2D eigenvalue weighted by Gasteiger charge is -2.18. The smallest absolute Gasteiger partial charge is 0.335 e. The Morgan fingerprint density at radius 2 is 2.00 bits per heavy atom. The van der Waals surface area contributed by atoms with Crippen LogP contribution in [0.2, 0.25) is 0 Å². The predicted molar refractivity (Wildman–Crippen MR) is 71.3 cm³/mol. The number of anilines is 1. The van der Waals surface area contributed by atoms with Crippen molar-refractivity contribution in [3.05, 3.63) is 29.8 Å². The number of nitrogens with one attached hydrogen (secondary N) is 2. The van der Waals surface area contributed by atoms with Crippen molar-refractivity contribution < 1.29 is 18.0 Å². The zero-order valence-corrected chi connectivity index (χ0v) is 11.1. The summed E-state index contributed by atoms with van der Waals surface area (Å²) in [6.07, 6.45) is -3.28. The highest BCUT2D eigenvalue weighted by Gasteiger charge is 2.33. The van der Waals surface area contributed by atoms with E-state index < -0.39 is 17.8 Å². The first-order valence-electron chi connectivity index (χ1n) is 6.32. The van der Waals surface area contributed by atoms with Gasteiger partial charge in [-0.15, -0.1) is 0 Å². The molecule has 0 fully saturated rings. The number of amides is 2. The van der Waals surface area contributed by atoms with Gasteiger partial charge in [-0.05, 0) is 31.5 Å². The van der Waals surface area contributed by atoms with Crippen molar-refractivity contribution in [2.45, 2.75) is 32.0 Å². The fourth-order valence-electron chi connectivity index (χ4n) is 1.76. The van der Waals surface area contributed by atoms with Gasteiger partial charge in [0.1, 0.15) is 0 Å². The lowest BCUT2D eigenvalue weighted by atomic mass is 10.1. The van der Waals surface area contributed by atoms with Crippen LogP contribution in [0.3, 0.4) is 0 Å². The summed E-state index contributed by atoms with van der Waals surface area (Å²) in [5.41, 5.74) is 4.26. The molecule has 0 heterocycles. The van der Waals surface area contributed by atoms with Gasteiger partial charge in [-0.3, -0.25) is 0 Å². The Labute approximate surface area is 115 Å². The Morgan fingerprint density at radius 3 is 2.55 bits per heavy atom. The molecular formula is C13H18F3N3O. The fourth-order valence-corrected chi connectivity index (χ4v) is 1.76. The number of hydrogen-bond acceptors (Lipinski definition) is 2. The maximum atomic E-state index is 12.8. The topological polar surface area (TPSA) is 67.1 Å². The summed E-state index contributed by atoms with van der Waals surface area (Å²) in [5, 5.41) is 4.83. The van der Waals surface area contributed by atoms with Gasteiger partial charge < -0.3 is 16.4 Å². The average Bonchev–Trinajstić information content (AvgIpc) is 2.37. The second-order valence-corrected chi connectivity index (χ2v) is 4.32. The Balaban J connectivity index is 2.76. The molecule has 7 heteroatoms. The molecule has 0 spiro atoms. The molecule has 0 aliphatic heterocycles. The summed E-state index contributed by atoms with van der Waals surface area (Å²) in [5.74, 6) is 0. The molecule has 0 aromatic heterocycles. The number of benzene rings is 1. The fraction of sp³-hybridized carbons (Fsp3) is 0.462. The third-order valence-corrected chi connectivity index (χ3v) is 2.82. The van der Waals surface area contributed by atoms with Gasteiger partial charge >= 0.3 is 12.2 Å². The van der Waals surface area contributed by atoms with Crippen molar-refractivity contribution in [2.75, 3.05) is 11.9 Å². The van der Waals surface area contributed by atoms with Crippen LogP contribution in [0.5, 0.6) is 0 Å². The molecule has 1 unspecified atom stereocenters. The second kappa shape index (κ2) is 7.14. The number of carbonyl (C=O) groups excluding carboxylic acids is 1. The van der Waals surface area contributed by atoms with Gasteiger partial charge in [-0.1, -0.05) is 19.1 Å². The second-order valence-electron chi connectivity index (χ2n) is 4.32. The average molecular weight is 289 g/mol. The van der Waals surface area contributed by atoms with E-state index in [0.29, 0.717) is 19.4 Å². The SMILES string of the molecule is CCC(CCN)NC(=O)Nc1ccccc1C(F)(F)F. The van der Waals surface area contributed by atoms with E-state index in [4.69, 9.17) is 5.73 Å². The molecule has 0 aliphatic rings. The van der Waals surface area contributed by atoms with E-state index in [2.05, 4.69) is 10.6 Å². The molecule has 1 atom stereocenters. The van der Waals surface area contributed by atoms with Crippen molar-refractivity contribution >= 4 is 11.7 Å². The van der Waals surface area contributed by atoms with Gasteiger partial charge in [0.25, 0.3) is 0 Å². The maximum Gasteiger partial charge on any atom is 0.418 e. The Kier molecular flexibility index (Phi) is 5.82. The lowest BCUT2D eigenvalue weighted by molar-refractivity contribution is -0.136. The van der Waals surface area contributed by atoms with E-state index in [1.165, 1.54) is 18.2 Å². The monoisotopic (exact) mass is 289 g/mol. The zero-order chi connectivity index (χ0) is 15.2. The largest absolute Gasteiger partial charge is 0.418 e. The molecule has 1 aromatic rings. The number of nitrogens with two attached hydrogens (primary N) is 1. The van der Waals surface area contributed by atoms with Crippen LogP contribution >= 0.6 is 0 Å². The van der Waals surface area contributed by atoms with E-state index in [1.54, 1.807) is 0 Å². The normalized spacial score (nSPS) is 12.8. The van der Waals surface area contributed by atoms with E-state index in [9.17, 15) is 18.0 Å². The third-order valence-electron chi connectivity index (χ3n) is 2.82. The van der Waals surface area contributed by atoms with Crippen molar-refractivity contribution in [3.63, 3.8) is 0 Å².